The lowest BCUT2D eigenvalue weighted by atomic mass is 10.1. The van der Waals surface area contributed by atoms with Gasteiger partial charge in [-0.25, -0.2) is 0 Å². The largest absolute Gasteiger partial charge is 0.377 e. The molecule has 1 rings (SSSR count). The van der Waals surface area contributed by atoms with Crippen molar-refractivity contribution in [1.82, 2.24) is 0 Å². The molecule has 1 aromatic rings. The molecule has 0 N–H and O–H groups in total. The lowest BCUT2D eigenvalue weighted by Crippen LogP contribution is -1.93. The van der Waals surface area contributed by atoms with E-state index in [-0.39, 0.29) is 5.78 Å². The average Bonchev–Trinajstić information content (AvgIpc) is 2.34. The molecule has 2 heteroatoms. The van der Waals surface area contributed by atoms with Crippen LogP contribution in [-0.2, 0) is 4.74 Å². The number of ether oxygens (including phenoxy) is 1. The smallest absolute Gasteiger partial charge is 0.159 e. The van der Waals surface area contributed by atoms with Crippen LogP contribution in [0.3, 0.4) is 0 Å². The number of hydrogen-bond donors (Lipinski definition) is 0. The first-order valence-electron chi connectivity index (χ1n) is 6.09. The Balaban J connectivity index is 2.36. The molecular weight excluding hydrogens is 212 g/mol. The third-order valence-corrected chi connectivity index (χ3v) is 2.48. The number of carbonyl (C=O) groups excluding carboxylic acids is 1. The maximum Gasteiger partial charge on any atom is 0.159 e. The second-order valence-corrected chi connectivity index (χ2v) is 4.01. The van der Waals surface area contributed by atoms with Gasteiger partial charge in [0.05, 0.1) is 6.61 Å². The molecule has 0 aliphatic carbocycles. The van der Waals surface area contributed by atoms with Crippen molar-refractivity contribution in [3.05, 3.63) is 41.5 Å². The van der Waals surface area contributed by atoms with Gasteiger partial charge in [-0.3, -0.25) is 4.79 Å². The second kappa shape index (κ2) is 7.80. The van der Waals surface area contributed by atoms with Crippen molar-refractivity contribution in [1.29, 1.82) is 0 Å². The minimum Gasteiger partial charge on any atom is -0.377 e. The van der Waals surface area contributed by atoms with Gasteiger partial charge in [0.15, 0.2) is 5.78 Å². The van der Waals surface area contributed by atoms with Crippen molar-refractivity contribution >= 4 is 11.9 Å². The van der Waals surface area contributed by atoms with E-state index < -0.39 is 0 Å². The van der Waals surface area contributed by atoms with Crippen molar-refractivity contribution in [3.8, 4) is 0 Å². The summed E-state index contributed by atoms with van der Waals surface area (Å²) in [5.74, 6) is 0.100. The molecule has 17 heavy (non-hydrogen) atoms. The summed E-state index contributed by atoms with van der Waals surface area (Å²) in [6, 6.07) is 7.58. The Morgan fingerprint density at radius 2 is 2.00 bits per heavy atom. The molecule has 0 saturated carbocycles. The fourth-order valence-electron chi connectivity index (χ4n) is 1.41. The van der Waals surface area contributed by atoms with Gasteiger partial charge in [0.25, 0.3) is 0 Å². The Bertz CT molecular complexity index is 363. The van der Waals surface area contributed by atoms with Crippen molar-refractivity contribution in [2.45, 2.75) is 26.7 Å². The van der Waals surface area contributed by atoms with E-state index in [4.69, 9.17) is 4.74 Å². The minimum absolute atomic E-state index is 0.100. The average molecular weight is 232 g/mol. The molecule has 1 aromatic carbocycles. The first-order valence-corrected chi connectivity index (χ1v) is 6.09. The van der Waals surface area contributed by atoms with E-state index in [0.717, 1.165) is 30.6 Å². The third kappa shape index (κ3) is 5.45. The van der Waals surface area contributed by atoms with Crippen LogP contribution in [-0.4, -0.2) is 19.0 Å². The molecule has 0 saturated heterocycles. The number of rotatable bonds is 7. The molecule has 0 bridgehead atoms. The maximum atomic E-state index is 11.1. The van der Waals surface area contributed by atoms with Crippen LogP contribution in [0.1, 0.15) is 42.6 Å². The highest BCUT2D eigenvalue weighted by atomic mass is 16.5. The zero-order valence-corrected chi connectivity index (χ0v) is 10.6. The summed E-state index contributed by atoms with van der Waals surface area (Å²) < 4.78 is 5.42. The number of Topliss-reactive ketones (excluding diaryl/α,β-unsaturated/α-hetero) is 1. The quantitative estimate of drug-likeness (QED) is 0.529. The van der Waals surface area contributed by atoms with Gasteiger partial charge in [0, 0.05) is 12.2 Å². The van der Waals surface area contributed by atoms with E-state index in [1.807, 2.05) is 36.4 Å². The van der Waals surface area contributed by atoms with E-state index in [1.165, 1.54) is 0 Å². The standard InChI is InChI=1S/C15H20O2/c1-3-4-11-17-12-5-6-14-7-9-15(10-8-14)13(2)16/h5-10H,3-4,11-12H2,1-2H3/b6-5+. The topological polar surface area (TPSA) is 26.3 Å². The van der Waals surface area contributed by atoms with E-state index in [2.05, 4.69) is 6.92 Å². The summed E-state index contributed by atoms with van der Waals surface area (Å²) >= 11 is 0. The third-order valence-electron chi connectivity index (χ3n) is 2.48. The summed E-state index contributed by atoms with van der Waals surface area (Å²) in [5, 5.41) is 0. The highest BCUT2D eigenvalue weighted by Gasteiger charge is 1.96. The summed E-state index contributed by atoms with van der Waals surface area (Å²) in [6.45, 7) is 5.20. The fourth-order valence-corrected chi connectivity index (χ4v) is 1.41. The molecule has 0 aromatic heterocycles. The number of hydrogen-bond acceptors (Lipinski definition) is 2. The first kappa shape index (κ1) is 13.7. The Hall–Kier alpha value is -1.41. The molecule has 92 valence electrons. The molecule has 0 atom stereocenters. The van der Waals surface area contributed by atoms with Crippen LogP contribution in [0.25, 0.3) is 6.08 Å². The van der Waals surface area contributed by atoms with Crippen LogP contribution in [0, 0.1) is 0 Å². The van der Waals surface area contributed by atoms with Crippen LogP contribution < -0.4 is 0 Å². The first-order chi connectivity index (χ1) is 8.24. The molecular formula is C15H20O2. The molecule has 0 fully saturated rings. The Morgan fingerprint density at radius 1 is 1.29 bits per heavy atom. The normalized spacial score (nSPS) is 10.9. The lowest BCUT2D eigenvalue weighted by Gasteiger charge is -1.99. The molecule has 0 aliphatic heterocycles. The molecule has 0 aliphatic rings. The predicted molar refractivity (Wildman–Crippen MR) is 71.2 cm³/mol. The van der Waals surface area contributed by atoms with E-state index >= 15 is 0 Å². The molecule has 0 spiro atoms. The van der Waals surface area contributed by atoms with Gasteiger partial charge >= 0.3 is 0 Å². The summed E-state index contributed by atoms with van der Waals surface area (Å²) in [5.41, 5.74) is 1.84. The molecule has 0 radical (unpaired) electrons. The SMILES string of the molecule is CCCCOC/C=C/c1ccc(C(C)=O)cc1. The second-order valence-electron chi connectivity index (χ2n) is 4.01. The van der Waals surface area contributed by atoms with Gasteiger partial charge in [0.1, 0.15) is 0 Å². The monoisotopic (exact) mass is 232 g/mol. The predicted octanol–water partition coefficient (Wildman–Crippen LogP) is 3.72. The number of benzene rings is 1. The Kier molecular flexibility index (Phi) is 6.26. The van der Waals surface area contributed by atoms with E-state index in [9.17, 15) is 4.79 Å². The van der Waals surface area contributed by atoms with Gasteiger partial charge in [-0.15, -0.1) is 0 Å². The van der Waals surface area contributed by atoms with E-state index in [0.29, 0.717) is 6.61 Å². The number of unbranched alkanes of at least 4 members (excludes halogenated alkanes) is 1. The minimum atomic E-state index is 0.100. The van der Waals surface area contributed by atoms with Crippen LogP contribution >= 0.6 is 0 Å². The Labute approximate surface area is 103 Å². The Morgan fingerprint density at radius 3 is 2.59 bits per heavy atom. The maximum absolute atomic E-state index is 11.1. The number of ketones is 1. The van der Waals surface area contributed by atoms with Crippen molar-refractivity contribution in [3.63, 3.8) is 0 Å². The van der Waals surface area contributed by atoms with E-state index in [1.54, 1.807) is 6.92 Å². The zero-order valence-electron chi connectivity index (χ0n) is 10.6. The van der Waals surface area contributed by atoms with Crippen molar-refractivity contribution in [2.75, 3.05) is 13.2 Å². The van der Waals surface area contributed by atoms with Gasteiger partial charge in [-0.1, -0.05) is 49.8 Å². The van der Waals surface area contributed by atoms with Gasteiger partial charge < -0.3 is 4.74 Å². The van der Waals surface area contributed by atoms with Gasteiger partial charge in [0.2, 0.25) is 0 Å². The van der Waals surface area contributed by atoms with Gasteiger partial charge in [-0.05, 0) is 18.9 Å². The number of carbonyl (C=O) groups is 1. The molecule has 2 nitrogen and oxygen atoms in total. The molecule has 0 heterocycles. The summed E-state index contributed by atoms with van der Waals surface area (Å²) in [7, 11) is 0. The van der Waals surface area contributed by atoms with Crippen LogP contribution in [0.2, 0.25) is 0 Å². The molecule has 0 unspecified atom stereocenters. The zero-order chi connectivity index (χ0) is 12.5. The van der Waals surface area contributed by atoms with Crippen molar-refractivity contribution < 1.29 is 9.53 Å². The fraction of sp³-hybridized carbons (Fsp3) is 0.400. The van der Waals surface area contributed by atoms with Crippen LogP contribution in [0.15, 0.2) is 30.3 Å². The summed E-state index contributed by atoms with van der Waals surface area (Å²) in [4.78, 5) is 11.1. The van der Waals surface area contributed by atoms with Crippen molar-refractivity contribution in [2.24, 2.45) is 0 Å². The van der Waals surface area contributed by atoms with Crippen LogP contribution in [0.5, 0.6) is 0 Å². The summed E-state index contributed by atoms with van der Waals surface area (Å²) in [6.07, 6.45) is 6.28. The molecule has 0 amide bonds. The van der Waals surface area contributed by atoms with Crippen LogP contribution in [0.4, 0.5) is 0 Å². The van der Waals surface area contributed by atoms with Gasteiger partial charge in [-0.2, -0.15) is 0 Å². The lowest BCUT2D eigenvalue weighted by molar-refractivity contribution is 0.101. The highest BCUT2D eigenvalue weighted by Crippen LogP contribution is 2.06. The highest BCUT2D eigenvalue weighted by molar-refractivity contribution is 5.94.